The van der Waals surface area contributed by atoms with Gasteiger partial charge in [0.1, 0.15) is 0 Å². The molecule has 6 heteroatoms. The predicted octanol–water partition coefficient (Wildman–Crippen LogP) is -1.47. The molecule has 5 N–H and O–H groups in total. The molecule has 0 spiro atoms. The van der Waals surface area contributed by atoms with Crippen molar-refractivity contribution in [3.8, 4) is 0 Å². The van der Waals surface area contributed by atoms with Crippen LogP contribution in [0.15, 0.2) is 0 Å². The van der Waals surface area contributed by atoms with Gasteiger partial charge in [-0.1, -0.05) is 13.8 Å². The van der Waals surface area contributed by atoms with E-state index in [4.69, 9.17) is 15.9 Å². The molecule has 1 amide bonds. The number of carboxylic acid groups (broad SMARTS) is 1. The average molecular weight is 204 g/mol. The Morgan fingerprint density at radius 2 is 1.93 bits per heavy atom. The Labute approximate surface area is 82.1 Å². The molecule has 2 atom stereocenters. The molecule has 0 heterocycles. The molecular formula is C8H16N2O4. The van der Waals surface area contributed by atoms with Gasteiger partial charge in [-0.25, -0.2) is 4.79 Å². The Balaban J connectivity index is 3.91. The van der Waals surface area contributed by atoms with Gasteiger partial charge in [0, 0.05) is 0 Å². The molecule has 1 unspecified atom stereocenters. The number of amides is 1. The van der Waals surface area contributed by atoms with E-state index in [1.807, 2.05) is 0 Å². The van der Waals surface area contributed by atoms with Crippen molar-refractivity contribution in [1.82, 2.24) is 5.32 Å². The number of hydrogen-bond acceptors (Lipinski definition) is 4. The van der Waals surface area contributed by atoms with Crippen molar-refractivity contribution in [1.29, 1.82) is 0 Å². The first-order chi connectivity index (χ1) is 6.36. The van der Waals surface area contributed by atoms with Gasteiger partial charge in [0.05, 0.1) is 12.6 Å². The highest BCUT2D eigenvalue weighted by atomic mass is 16.4. The Bertz CT molecular complexity index is 217. The number of carbonyl (C=O) groups excluding carboxylic acids is 1. The smallest absolute Gasteiger partial charge is 0.334 e. The number of aliphatic hydroxyl groups is 1. The third-order valence-electron chi connectivity index (χ3n) is 1.78. The zero-order valence-corrected chi connectivity index (χ0v) is 8.23. The van der Waals surface area contributed by atoms with Crippen LogP contribution in [0.25, 0.3) is 0 Å². The average Bonchev–Trinajstić information content (AvgIpc) is 2.11. The normalized spacial score (nSPS) is 14.9. The predicted molar refractivity (Wildman–Crippen MR) is 49.5 cm³/mol. The maximum atomic E-state index is 11.2. The molecule has 0 bridgehead atoms. The van der Waals surface area contributed by atoms with Crippen LogP contribution < -0.4 is 11.1 Å². The van der Waals surface area contributed by atoms with Crippen molar-refractivity contribution in [2.24, 2.45) is 11.7 Å². The van der Waals surface area contributed by atoms with E-state index in [0.717, 1.165) is 0 Å². The van der Waals surface area contributed by atoms with E-state index in [2.05, 4.69) is 5.32 Å². The van der Waals surface area contributed by atoms with Crippen molar-refractivity contribution in [2.45, 2.75) is 26.0 Å². The number of nitrogens with two attached hydrogens (primary N) is 1. The molecule has 0 saturated carbocycles. The van der Waals surface area contributed by atoms with Gasteiger partial charge >= 0.3 is 5.97 Å². The highest BCUT2D eigenvalue weighted by Gasteiger charge is 2.19. The molecule has 0 aliphatic heterocycles. The summed E-state index contributed by atoms with van der Waals surface area (Å²) in [5.41, 5.74) is 5.48. The summed E-state index contributed by atoms with van der Waals surface area (Å²) in [4.78, 5) is 21.4. The maximum Gasteiger partial charge on any atom is 0.334 e. The first-order valence-corrected chi connectivity index (χ1v) is 4.30. The number of carbonyl (C=O) groups is 2. The summed E-state index contributed by atoms with van der Waals surface area (Å²) in [6, 6.07) is -0.684. The highest BCUT2D eigenvalue weighted by Crippen LogP contribution is 1.97. The minimum absolute atomic E-state index is 0.0306. The highest BCUT2D eigenvalue weighted by molar-refractivity contribution is 5.82. The fourth-order valence-electron chi connectivity index (χ4n) is 0.705. The molecular weight excluding hydrogens is 188 g/mol. The summed E-state index contributed by atoms with van der Waals surface area (Å²) in [7, 11) is 0. The van der Waals surface area contributed by atoms with Crippen molar-refractivity contribution in [3.05, 3.63) is 0 Å². The minimum atomic E-state index is -1.58. The second-order valence-electron chi connectivity index (χ2n) is 3.37. The van der Waals surface area contributed by atoms with Crippen LogP contribution in [-0.2, 0) is 9.59 Å². The molecule has 0 fully saturated rings. The summed E-state index contributed by atoms with van der Waals surface area (Å²) < 4.78 is 0. The largest absolute Gasteiger partial charge is 0.479 e. The summed E-state index contributed by atoms with van der Waals surface area (Å²) in [5, 5.41) is 19.4. The topological polar surface area (TPSA) is 113 Å². The molecule has 0 saturated heterocycles. The van der Waals surface area contributed by atoms with Gasteiger partial charge in [0.15, 0.2) is 6.10 Å². The van der Waals surface area contributed by atoms with Crippen LogP contribution in [0.5, 0.6) is 0 Å². The molecule has 0 radical (unpaired) electrons. The fourth-order valence-corrected chi connectivity index (χ4v) is 0.705. The van der Waals surface area contributed by atoms with Crippen molar-refractivity contribution in [3.63, 3.8) is 0 Å². The second-order valence-corrected chi connectivity index (χ2v) is 3.37. The van der Waals surface area contributed by atoms with Gasteiger partial charge in [0.2, 0.25) is 5.91 Å². The van der Waals surface area contributed by atoms with E-state index < -0.39 is 24.0 Å². The Kier molecular flexibility index (Phi) is 5.11. The van der Waals surface area contributed by atoms with Crippen LogP contribution >= 0.6 is 0 Å². The molecule has 82 valence electrons. The van der Waals surface area contributed by atoms with E-state index in [9.17, 15) is 9.59 Å². The quantitative estimate of drug-likeness (QED) is 0.437. The van der Waals surface area contributed by atoms with Gasteiger partial charge < -0.3 is 21.3 Å². The lowest BCUT2D eigenvalue weighted by Gasteiger charge is -2.15. The first kappa shape index (κ1) is 12.9. The first-order valence-electron chi connectivity index (χ1n) is 4.30. The molecule has 6 nitrogen and oxygen atoms in total. The Morgan fingerprint density at radius 3 is 2.29 bits per heavy atom. The van der Waals surface area contributed by atoms with Crippen molar-refractivity contribution >= 4 is 11.9 Å². The molecule has 0 aliphatic carbocycles. The van der Waals surface area contributed by atoms with Crippen LogP contribution in [0.4, 0.5) is 0 Å². The van der Waals surface area contributed by atoms with Gasteiger partial charge in [-0.05, 0) is 5.92 Å². The summed E-state index contributed by atoms with van der Waals surface area (Å²) in [6.45, 7) is 3.23. The number of nitrogens with one attached hydrogen (secondary N) is 1. The third-order valence-corrected chi connectivity index (χ3v) is 1.78. The third kappa shape index (κ3) is 4.20. The molecule has 0 aromatic heterocycles. The number of hydrogen-bond donors (Lipinski definition) is 4. The molecule has 0 aliphatic rings. The van der Waals surface area contributed by atoms with E-state index in [1.165, 1.54) is 0 Å². The van der Waals surface area contributed by atoms with Gasteiger partial charge in [-0.2, -0.15) is 0 Å². The second kappa shape index (κ2) is 5.56. The van der Waals surface area contributed by atoms with E-state index in [1.54, 1.807) is 13.8 Å². The Hall–Kier alpha value is -1.14. The van der Waals surface area contributed by atoms with Crippen LogP contribution in [0.3, 0.4) is 0 Å². The molecule has 0 aromatic rings. The van der Waals surface area contributed by atoms with Gasteiger partial charge in [-0.3, -0.25) is 4.79 Å². The van der Waals surface area contributed by atoms with Crippen LogP contribution in [0.1, 0.15) is 13.8 Å². The van der Waals surface area contributed by atoms with Crippen molar-refractivity contribution in [2.75, 3.05) is 6.54 Å². The lowest BCUT2D eigenvalue weighted by atomic mass is 10.1. The van der Waals surface area contributed by atoms with Crippen LogP contribution in [0.2, 0.25) is 0 Å². The monoisotopic (exact) mass is 204 g/mol. The fraction of sp³-hybridized carbons (Fsp3) is 0.750. The van der Waals surface area contributed by atoms with E-state index >= 15 is 0 Å². The lowest BCUT2D eigenvalue weighted by Crippen LogP contribution is -2.47. The number of aliphatic hydroxyl groups excluding tert-OH is 1. The van der Waals surface area contributed by atoms with E-state index in [0.29, 0.717) is 0 Å². The lowest BCUT2D eigenvalue weighted by molar-refractivity contribution is -0.146. The maximum absolute atomic E-state index is 11.2. The van der Waals surface area contributed by atoms with Crippen LogP contribution in [0, 0.1) is 5.92 Å². The number of aliphatic carboxylic acids is 1. The summed E-state index contributed by atoms with van der Waals surface area (Å²) >= 11 is 0. The zero-order chi connectivity index (χ0) is 11.3. The molecule has 14 heavy (non-hydrogen) atoms. The van der Waals surface area contributed by atoms with Crippen LogP contribution in [-0.4, -0.2) is 40.8 Å². The number of carboxylic acids is 1. The standard InChI is InChI=1S/C8H16N2O4/c1-4(2)6(9)7(12)10-3-5(11)8(13)14/h4-6,11H,3,9H2,1-2H3,(H,10,12)(H,13,14)/t5?,6-/m1/s1. The number of rotatable bonds is 5. The summed E-state index contributed by atoms with van der Waals surface area (Å²) in [6.07, 6.45) is -1.58. The van der Waals surface area contributed by atoms with Gasteiger partial charge in [0.25, 0.3) is 0 Å². The Morgan fingerprint density at radius 1 is 1.43 bits per heavy atom. The molecule has 0 aromatic carbocycles. The van der Waals surface area contributed by atoms with E-state index in [-0.39, 0.29) is 12.5 Å². The minimum Gasteiger partial charge on any atom is -0.479 e. The van der Waals surface area contributed by atoms with Crippen molar-refractivity contribution < 1.29 is 19.8 Å². The summed E-state index contributed by atoms with van der Waals surface area (Å²) in [5.74, 6) is -1.86. The van der Waals surface area contributed by atoms with Gasteiger partial charge in [-0.15, -0.1) is 0 Å². The molecule has 0 rings (SSSR count). The SMILES string of the molecule is CC(C)[C@@H](N)C(=O)NCC(O)C(=O)O. The zero-order valence-electron chi connectivity index (χ0n) is 8.23.